The first kappa shape index (κ1) is 19.8. The number of para-hydroxylation sites is 1. The zero-order valence-corrected chi connectivity index (χ0v) is 18.3. The number of hydrogen-bond donors (Lipinski definition) is 2. The molecular formula is C24H20ClN3O2S. The van der Waals surface area contributed by atoms with Gasteiger partial charge < -0.3 is 15.6 Å². The Morgan fingerprint density at radius 1 is 1.16 bits per heavy atom. The van der Waals surface area contributed by atoms with Crippen LogP contribution in [0.1, 0.15) is 55.7 Å². The van der Waals surface area contributed by atoms with Crippen molar-refractivity contribution in [3.8, 4) is 0 Å². The maximum Gasteiger partial charge on any atom is 0.264 e. The predicted molar refractivity (Wildman–Crippen MR) is 124 cm³/mol. The fourth-order valence-electron chi connectivity index (χ4n) is 4.48. The smallest absolute Gasteiger partial charge is 0.264 e. The van der Waals surface area contributed by atoms with Crippen molar-refractivity contribution in [2.75, 3.05) is 6.54 Å². The highest BCUT2D eigenvalue weighted by Gasteiger charge is 2.38. The number of H-pyrrole nitrogens is 1. The summed E-state index contributed by atoms with van der Waals surface area (Å²) < 4.78 is 0. The van der Waals surface area contributed by atoms with Crippen LogP contribution < -0.4 is 5.73 Å². The highest BCUT2D eigenvalue weighted by Crippen LogP contribution is 2.45. The van der Waals surface area contributed by atoms with E-state index in [4.69, 9.17) is 17.3 Å². The molecule has 2 amide bonds. The summed E-state index contributed by atoms with van der Waals surface area (Å²) in [5.41, 5.74) is 9.96. The van der Waals surface area contributed by atoms with Crippen LogP contribution in [0.5, 0.6) is 0 Å². The molecule has 2 unspecified atom stereocenters. The molecule has 5 rings (SSSR count). The SMILES string of the molecule is CC1c2[nH]c3ccccc3c2C(c2ccccc2Cl)CN1C(=O)c1cc(C(N)=O)cs1. The third-order valence-corrected chi connectivity index (χ3v) is 7.29. The van der Waals surface area contributed by atoms with E-state index in [0.29, 0.717) is 22.0 Å². The van der Waals surface area contributed by atoms with Gasteiger partial charge >= 0.3 is 0 Å². The van der Waals surface area contributed by atoms with Gasteiger partial charge in [0.15, 0.2) is 0 Å². The average Bonchev–Trinajstić information content (AvgIpc) is 3.40. The number of primary amides is 1. The lowest BCUT2D eigenvalue weighted by atomic mass is 9.83. The summed E-state index contributed by atoms with van der Waals surface area (Å²) in [5.74, 6) is -0.726. The number of aromatic nitrogens is 1. The van der Waals surface area contributed by atoms with E-state index in [1.807, 2.05) is 48.2 Å². The van der Waals surface area contributed by atoms with Crippen molar-refractivity contribution in [3.63, 3.8) is 0 Å². The van der Waals surface area contributed by atoms with Crippen molar-refractivity contribution in [2.45, 2.75) is 18.9 Å². The van der Waals surface area contributed by atoms with Crippen molar-refractivity contribution in [2.24, 2.45) is 5.73 Å². The summed E-state index contributed by atoms with van der Waals surface area (Å²) in [4.78, 5) is 30.9. The van der Waals surface area contributed by atoms with E-state index in [1.54, 1.807) is 11.4 Å². The van der Waals surface area contributed by atoms with Gasteiger partial charge in [-0.2, -0.15) is 0 Å². The van der Waals surface area contributed by atoms with Crippen LogP contribution in [0.3, 0.4) is 0 Å². The number of benzene rings is 2. The number of thiophene rings is 1. The minimum absolute atomic E-state index is 0.0735. The number of aromatic amines is 1. The molecule has 4 aromatic rings. The van der Waals surface area contributed by atoms with Crippen LogP contribution in [0.2, 0.25) is 5.02 Å². The highest BCUT2D eigenvalue weighted by molar-refractivity contribution is 7.12. The van der Waals surface area contributed by atoms with Gasteiger partial charge in [-0.3, -0.25) is 9.59 Å². The highest BCUT2D eigenvalue weighted by atomic mass is 35.5. The molecule has 0 aliphatic carbocycles. The molecule has 2 aromatic carbocycles. The Morgan fingerprint density at radius 2 is 1.90 bits per heavy atom. The standard InChI is InChI=1S/C24H20ClN3O2S/c1-13-22-21(16-7-3-5-9-19(16)27-22)17(15-6-2-4-8-18(15)25)11-28(13)24(30)20-10-14(12-31-20)23(26)29/h2-10,12-13,17,27H,11H2,1H3,(H2,26,29). The first-order valence-electron chi connectivity index (χ1n) is 10.00. The Kier molecular flexibility index (Phi) is 4.84. The zero-order chi connectivity index (χ0) is 21.7. The van der Waals surface area contributed by atoms with E-state index >= 15 is 0 Å². The van der Waals surface area contributed by atoms with Gasteiger partial charge in [-0.25, -0.2) is 0 Å². The second kappa shape index (κ2) is 7.55. The maximum atomic E-state index is 13.5. The van der Waals surface area contributed by atoms with Gasteiger partial charge in [-0.05, 0) is 36.2 Å². The molecule has 0 spiro atoms. The quantitative estimate of drug-likeness (QED) is 0.443. The monoisotopic (exact) mass is 449 g/mol. The number of halogens is 1. The summed E-state index contributed by atoms with van der Waals surface area (Å²) in [6.45, 7) is 2.51. The first-order valence-corrected chi connectivity index (χ1v) is 11.3. The first-order chi connectivity index (χ1) is 15.0. The Morgan fingerprint density at radius 3 is 2.65 bits per heavy atom. The van der Waals surface area contributed by atoms with Crippen LogP contribution in [-0.4, -0.2) is 28.2 Å². The number of carbonyl (C=O) groups is 2. The third-order valence-electron chi connectivity index (χ3n) is 6.03. The fraction of sp³-hybridized carbons (Fsp3) is 0.167. The largest absolute Gasteiger partial charge is 0.366 e. The molecule has 0 radical (unpaired) electrons. The number of hydrogen-bond acceptors (Lipinski definition) is 3. The van der Waals surface area contributed by atoms with Crippen molar-refractivity contribution < 1.29 is 9.59 Å². The Balaban J connectivity index is 1.65. The second-order valence-electron chi connectivity index (χ2n) is 7.77. The van der Waals surface area contributed by atoms with E-state index < -0.39 is 5.91 Å². The Bertz CT molecular complexity index is 1330. The van der Waals surface area contributed by atoms with Gasteiger partial charge in [0.25, 0.3) is 5.91 Å². The van der Waals surface area contributed by atoms with Gasteiger partial charge in [-0.1, -0.05) is 48.0 Å². The minimum atomic E-state index is -0.533. The Hall–Kier alpha value is -3.09. The van der Waals surface area contributed by atoms with Crippen molar-refractivity contribution in [1.29, 1.82) is 0 Å². The van der Waals surface area contributed by atoms with Crippen molar-refractivity contribution in [3.05, 3.63) is 92.3 Å². The molecule has 2 aromatic heterocycles. The lowest BCUT2D eigenvalue weighted by Gasteiger charge is -2.38. The molecule has 0 saturated carbocycles. The fourth-order valence-corrected chi connectivity index (χ4v) is 5.60. The summed E-state index contributed by atoms with van der Waals surface area (Å²) in [7, 11) is 0. The van der Waals surface area contributed by atoms with Gasteiger partial charge in [-0.15, -0.1) is 11.3 Å². The number of rotatable bonds is 3. The Labute approximate surface area is 188 Å². The van der Waals surface area contributed by atoms with Crippen molar-refractivity contribution >= 4 is 45.7 Å². The second-order valence-corrected chi connectivity index (χ2v) is 9.09. The molecule has 0 fully saturated rings. The molecule has 5 nitrogen and oxygen atoms in total. The third kappa shape index (κ3) is 3.23. The van der Waals surface area contributed by atoms with E-state index in [9.17, 15) is 9.59 Å². The summed E-state index contributed by atoms with van der Waals surface area (Å²) >= 11 is 7.84. The van der Waals surface area contributed by atoms with Gasteiger partial charge in [0.1, 0.15) is 0 Å². The molecule has 2 atom stereocenters. The molecular weight excluding hydrogens is 430 g/mol. The average molecular weight is 450 g/mol. The molecule has 7 heteroatoms. The van der Waals surface area contributed by atoms with Crippen LogP contribution >= 0.6 is 22.9 Å². The van der Waals surface area contributed by atoms with Crippen LogP contribution in [0, 0.1) is 0 Å². The van der Waals surface area contributed by atoms with E-state index in [-0.39, 0.29) is 17.9 Å². The number of carbonyl (C=O) groups excluding carboxylic acids is 2. The van der Waals surface area contributed by atoms with Crippen molar-refractivity contribution in [1.82, 2.24) is 9.88 Å². The summed E-state index contributed by atoms with van der Waals surface area (Å²) in [5, 5.41) is 3.45. The van der Waals surface area contributed by atoms with Gasteiger partial charge in [0, 0.05) is 39.5 Å². The maximum absolute atomic E-state index is 13.5. The summed E-state index contributed by atoms with van der Waals surface area (Å²) in [6, 6.07) is 17.4. The molecule has 0 saturated heterocycles. The molecule has 3 N–H and O–H groups in total. The number of fused-ring (bicyclic) bond motifs is 3. The van der Waals surface area contributed by atoms with Crippen LogP contribution in [0.15, 0.2) is 60.0 Å². The van der Waals surface area contributed by atoms with Gasteiger partial charge in [0.2, 0.25) is 5.91 Å². The molecule has 1 aliphatic heterocycles. The molecule has 156 valence electrons. The van der Waals surface area contributed by atoms with E-state index in [1.165, 1.54) is 16.9 Å². The molecule has 31 heavy (non-hydrogen) atoms. The summed E-state index contributed by atoms with van der Waals surface area (Å²) in [6.07, 6.45) is 0. The number of nitrogens with two attached hydrogens (primary N) is 1. The predicted octanol–water partition coefficient (Wildman–Crippen LogP) is 5.33. The molecule has 1 aliphatic rings. The van der Waals surface area contributed by atoms with E-state index in [0.717, 1.165) is 22.2 Å². The lowest BCUT2D eigenvalue weighted by molar-refractivity contribution is 0.0667. The minimum Gasteiger partial charge on any atom is -0.366 e. The van der Waals surface area contributed by atoms with Crippen LogP contribution in [0.25, 0.3) is 10.9 Å². The number of nitrogens with one attached hydrogen (secondary N) is 1. The number of amides is 2. The lowest BCUT2D eigenvalue weighted by Crippen LogP contribution is -2.41. The van der Waals surface area contributed by atoms with Crippen LogP contribution in [-0.2, 0) is 0 Å². The normalized spacial score (nSPS) is 18.2. The van der Waals surface area contributed by atoms with Crippen LogP contribution in [0.4, 0.5) is 0 Å². The van der Waals surface area contributed by atoms with E-state index in [2.05, 4.69) is 17.1 Å². The molecule has 3 heterocycles. The zero-order valence-electron chi connectivity index (χ0n) is 16.8. The topological polar surface area (TPSA) is 79.2 Å². The number of nitrogens with zero attached hydrogens (tertiary/aromatic N) is 1. The molecule has 0 bridgehead atoms. The van der Waals surface area contributed by atoms with Gasteiger partial charge in [0.05, 0.1) is 16.5 Å².